The van der Waals surface area contributed by atoms with Gasteiger partial charge in [-0.1, -0.05) is 18.2 Å². The number of oxazole rings is 1. The molecule has 0 bridgehead atoms. The van der Waals surface area contributed by atoms with Crippen LogP contribution in [0, 0.1) is 0 Å². The van der Waals surface area contributed by atoms with Gasteiger partial charge in [0.25, 0.3) is 0 Å². The largest absolute Gasteiger partial charge is 0.480 e. The Kier molecular flexibility index (Phi) is 4.22. The number of nitrogens with zero attached hydrogens (tertiary/aromatic N) is 1. The van der Waals surface area contributed by atoms with E-state index in [4.69, 9.17) is 9.52 Å². The van der Waals surface area contributed by atoms with Crippen LogP contribution in [0.2, 0.25) is 0 Å². The summed E-state index contributed by atoms with van der Waals surface area (Å²) >= 11 is 0. The molecular weight excluding hydrogens is 276 g/mol. The highest BCUT2D eigenvalue weighted by molar-refractivity contribution is 5.84. The predicted molar refractivity (Wildman–Crippen MR) is 74.9 cm³/mol. The van der Waals surface area contributed by atoms with Crippen molar-refractivity contribution in [2.24, 2.45) is 0 Å². The fourth-order valence-electron chi connectivity index (χ4n) is 1.94. The minimum atomic E-state index is -1.16. The quantitative estimate of drug-likeness (QED) is 0.764. The van der Waals surface area contributed by atoms with Gasteiger partial charge in [-0.05, 0) is 18.6 Å². The maximum Gasteiger partial charge on any atom is 0.420 e. The zero-order chi connectivity index (χ0) is 15.4. The number of aliphatic carboxylic acids is 1. The molecule has 21 heavy (non-hydrogen) atoms. The van der Waals surface area contributed by atoms with Gasteiger partial charge in [-0.3, -0.25) is 9.36 Å². The summed E-state index contributed by atoms with van der Waals surface area (Å²) in [7, 11) is 0. The highest BCUT2D eigenvalue weighted by Gasteiger charge is 2.19. The third-order valence-electron chi connectivity index (χ3n) is 2.91. The molecule has 0 saturated heterocycles. The van der Waals surface area contributed by atoms with E-state index < -0.39 is 23.7 Å². The second-order valence-corrected chi connectivity index (χ2v) is 4.40. The van der Waals surface area contributed by atoms with E-state index in [-0.39, 0.29) is 13.0 Å². The van der Waals surface area contributed by atoms with Crippen LogP contribution < -0.4 is 11.1 Å². The van der Waals surface area contributed by atoms with Crippen LogP contribution in [0.15, 0.2) is 46.1 Å². The molecule has 0 saturated carbocycles. The molecule has 2 aromatic rings. The highest BCUT2D eigenvalue weighted by Crippen LogP contribution is 2.11. The number of carbonyl (C=O) groups excluding carboxylic acids is 1. The van der Waals surface area contributed by atoms with E-state index in [2.05, 4.69) is 11.9 Å². The Balaban J connectivity index is 2.18. The summed E-state index contributed by atoms with van der Waals surface area (Å²) in [4.78, 5) is 34.5. The number of para-hydroxylation sites is 2. The fourth-order valence-corrected chi connectivity index (χ4v) is 1.94. The van der Waals surface area contributed by atoms with Crippen molar-refractivity contribution in [2.75, 3.05) is 0 Å². The molecule has 2 rings (SSSR count). The molecule has 0 spiro atoms. The molecule has 0 aliphatic carbocycles. The number of carbonyl (C=O) groups is 2. The Morgan fingerprint density at radius 2 is 2.14 bits per heavy atom. The van der Waals surface area contributed by atoms with E-state index in [1.54, 1.807) is 24.3 Å². The minimum Gasteiger partial charge on any atom is -0.480 e. The molecule has 0 aliphatic heterocycles. The first-order valence-corrected chi connectivity index (χ1v) is 6.24. The second kappa shape index (κ2) is 6.08. The standard InChI is InChI=1S/C14H14N2O5/c1-2-5-9(13(18)19)15-12(17)8-16-10-6-3-4-7-11(10)21-14(16)20/h2-4,6-7,9H,1,5,8H2,(H,15,17)(H,18,19). The Morgan fingerprint density at radius 1 is 1.43 bits per heavy atom. The van der Waals surface area contributed by atoms with Gasteiger partial charge in [-0.2, -0.15) is 0 Å². The number of carboxylic acids is 1. The molecule has 1 heterocycles. The monoisotopic (exact) mass is 290 g/mol. The molecule has 2 N–H and O–H groups in total. The first-order chi connectivity index (χ1) is 10.0. The Morgan fingerprint density at radius 3 is 2.81 bits per heavy atom. The number of hydrogen-bond donors (Lipinski definition) is 2. The lowest BCUT2D eigenvalue weighted by atomic mass is 10.2. The van der Waals surface area contributed by atoms with Crippen molar-refractivity contribution in [3.05, 3.63) is 47.5 Å². The molecule has 110 valence electrons. The van der Waals surface area contributed by atoms with Crippen molar-refractivity contribution in [1.29, 1.82) is 0 Å². The SMILES string of the molecule is C=CCC(NC(=O)Cn1c(=O)oc2ccccc21)C(=O)O. The summed E-state index contributed by atoms with van der Waals surface area (Å²) in [5.41, 5.74) is 0.851. The second-order valence-electron chi connectivity index (χ2n) is 4.40. The first-order valence-electron chi connectivity index (χ1n) is 6.24. The van der Waals surface area contributed by atoms with Crippen molar-refractivity contribution < 1.29 is 19.1 Å². The zero-order valence-electron chi connectivity index (χ0n) is 11.1. The van der Waals surface area contributed by atoms with Crippen LogP contribution in [-0.2, 0) is 16.1 Å². The average Bonchev–Trinajstić information content (AvgIpc) is 2.75. The van der Waals surface area contributed by atoms with Gasteiger partial charge < -0.3 is 14.8 Å². The lowest BCUT2D eigenvalue weighted by Gasteiger charge is -2.12. The van der Waals surface area contributed by atoms with Crippen LogP contribution in [0.5, 0.6) is 0 Å². The molecular formula is C14H14N2O5. The molecule has 1 amide bonds. The van der Waals surface area contributed by atoms with Crippen molar-refractivity contribution in [2.45, 2.75) is 19.0 Å². The maximum atomic E-state index is 11.9. The van der Waals surface area contributed by atoms with Gasteiger partial charge >= 0.3 is 11.7 Å². The third kappa shape index (κ3) is 3.19. The van der Waals surface area contributed by atoms with Crippen LogP contribution in [0.3, 0.4) is 0 Å². The van der Waals surface area contributed by atoms with E-state index in [0.717, 1.165) is 4.57 Å². The van der Waals surface area contributed by atoms with Crippen LogP contribution in [0.25, 0.3) is 11.1 Å². The Hall–Kier alpha value is -2.83. The van der Waals surface area contributed by atoms with Gasteiger partial charge in [0.05, 0.1) is 5.52 Å². The lowest BCUT2D eigenvalue weighted by molar-refractivity contribution is -0.141. The van der Waals surface area contributed by atoms with Crippen molar-refractivity contribution in [3.63, 3.8) is 0 Å². The summed E-state index contributed by atoms with van der Waals surface area (Å²) in [6.45, 7) is 3.13. The Bertz CT molecular complexity index is 743. The Labute approximate surface area is 119 Å². The topological polar surface area (TPSA) is 102 Å². The van der Waals surface area contributed by atoms with Gasteiger partial charge in [-0.25, -0.2) is 9.59 Å². The lowest BCUT2D eigenvalue weighted by Crippen LogP contribution is -2.42. The van der Waals surface area contributed by atoms with Gasteiger partial charge in [0, 0.05) is 0 Å². The molecule has 1 aromatic carbocycles. The van der Waals surface area contributed by atoms with E-state index in [1.165, 1.54) is 6.08 Å². The molecule has 0 fully saturated rings. The maximum absolute atomic E-state index is 11.9. The van der Waals surface area contributed by atoms with Gasteiger partial charge in [0.2, 0.25) is 5.91 Å². The number of rotatable bonds is 6. The highest BCUT2D eigenvalue weighted by atomic mass is 16.4. The number of carboxylic acid groups (broad SMARTS) is 1. The predicted octanol–water partition coefficient (Wildman–Crippen LogP) is 0.740. The summed E-state index contributed by atoms with van der Waals surface area (Å²) in [5.74, 6) is -2.41. The van der Waals surface area contributed by atoms with Crippen LogP contribution >= 0.6 is 0 Å². The number of aromatic nitrogens is 1. The number of nitrogens with one attached hydrogen (secondary N) is 1. The number of fused-ring (bicyclic) bond motifs is 1. The third-order valence-corrected chi connectivity index (χ3v) is 2.91. The molecule has 0 aliphatic rings. The minimum absolute atomic E-state index is 0.0993. The summed E-state index contributed by atoms with van der Waals surface area (Å²) in [6.07, 6.45) is 1.50. The summed E-state index contributed by atoms with van der Waals surface area (Å²) in [5, 5.41) is 11.3. The number of hydrogen-bond acceptors (Lipinski definition) is 4. The molecule has 7 heteroatoms. The normalized spacial score (nSPS) is 12.0. The first kappa shape index (κ1) is 14.6. The molecule has 1 atom stereocenters. The van der Waals surface area contributed by atoms with Gasteiger partial charge in [-0.15, -0.1) is 6.58 Å². The van der Waals surface area contributed by atoms with Gasteiger partial charge in [0.15, 0.2) is 5.58 Å². The summed E-state index contributed by atoms with van der Waals surface area (Å²) < 4.78 is 6.15. The molecule has 1 aromatic heterocycles. The molecule has 7 nitrogen and oxygen atoms in total. The van der Waals surface area contributed by atoms with Gasteiger partial charge in [0.1, 0.15) is 12.6 Å². The van der Waals surface area contributed by atoms with E-state index in [1.807, 2.05) is 0 Å². The van der Waals surface area contributed by atoms with Crippen LogP contribution in [-0.4, -0.2) is 27.6 Å². The fraction of sp³-hybridized carbons (Fsp3) is 0.214. The average molecular weight is 290 g/mol. The van der Waals surface area contributed by atoms with Crippen LogP contribution in [0.1, 0.15) is 6.42 Å². The molecule has 0 radical (unpaired) electrons. The van der Waals surface area contributed by atoms with Crippen molar-refractivity contribution >= 4 is 23.0 Å². The van der Waals surface area contributed by atoms with E-state index >= 15 is 0 Å². The van der Waals surface area contributed by atoms with E-state index in [9.17, 15) is 14.4 Å². The number of amides is 1. The summed E-state index contributed by atoms with van der Waals surface area (Å²) in [6, 6.07) is 5.61. The zero-order valence-corrected chi connectivity index (χ0v) is 11.1. The van der Waals surface area contributed by atoms with Crippen LogP contribution in [0.4, 0.5) is 0 Å². The van der Waals surface area contributed by atoms with E-state index in [0.29, 0.717) is 11.1 Å². The molecule has 1 unspecified atom stereocenters. The van der Waals surface area contributed by atoms with Crippen molar-refractivity contribution in [1.82, 2.24) is 9.88 Å². The van der Waals surface area contributed by atoms with Crippen molar-refractivity contribution in [3.8, 4) is 0 Å². The smallest absolute Gasteiger partial charge is 0.420 e. The number of benzene rings is 1.